The number of benzene rings is 1. The number of likely N-dealkylation sites (N-methyl/N-ethyl adjacent to an activating group) is 1. The molecule has 0 radical (unpaired) electrons. The normalized spacial score (nSPS) is 13.4. The summed E-state index contributed by atoms with van der Waals surface area (Å²) < 4.78 is 0. The van der Waals surface area contributed by atoms with Crippen molar-refractivity contribution in [1.29, 1.82) is 0 Å². The van der Waals surface area contributed by atoms with Crippen LogP contribution in [0.2, 0.25) is 0 Å². The maximum Gasteiger partial charge on any atom is 0.115 e. The first-order valence-corrected chi connectivity index (χ1v) is 5.99. The van der Waals surface area contributed by atoms with Gasteiger partial charge in [0.05, 0.1) is 0 Å². The second-order valence-electron chi connectivity index (χ2n) is 4.88. The Morgan fingerprint density at radius 1 is 1.12 bits per heavy atom. The van der Waals surface area contributed by atoms with E-state index in [4.69, 9.17) is 0 Å². The van der Waals surface area contributed by atoms with E-state index < -0.39 is 0 Å². The highest BCUT2D eigenvalue weighted by Crippen LogP contribution is 2.12. The van der Waals surface area contributed by atoms with Gasteiger partial charge in [0.15, 0.2) is 0 Å². The Bertz CT molecular complexity index is 305. The standard InChI is InChI=1S/C14H23NO/c1-11(2)12(3)15(4)10-9-13-5-7-14(16)8-6-13/h5-8,11-12,16H,9-10H2,1-4H3. The molecule has 0 aliphatic heterocycles. The fraction of sp³-hybridized carbons (Fsp3) is 0.571. The molecule has 1 aromatic rings. The van der Waals surface area contributed by atoms with E-state index in [1.54, 1.807) is 12.1 Å². The molecule has 0 saturated heterocycles. The monoisotopic (exact) mass is 221 g/mol. The summed E-state index contributed by atoms with van der Waals surface area (Å²) in [6.45, 7) is 7.83. The maximum atomic E-state index is 9.18. The third-order valence-corrected chi connectivity index (χ3v) is 3.35. The fourth-order valence-corrected chi connectivity index (χ4v) is 1.68. The van der Waals surface area contributed by atoms with E-state index >= 15 is 0 Å². The second-order valence-corrected chi connectivity index (χ2v) is 4.88. The predicted molar refractivity (Wildman–Crippen MR) is 68.7 cm³/mol. The molecule has 1 rings (SSSR count). The predicted octanol–water partition coefficient (Wildman–Crippen LogP) is 2.91. The van der Waals surface area contributed by atoms with E-state index in [1.165, 1.54) is 5.56 Å². The number of nitrogens with zero attached hydrogens (tertiary/aromatic N) is 1. The van der Waals surface area contributed by atoms with Gasteiger partial charge in [0, 0.05) is 12.6 Å². The quantitative estimate of drug-likeness (QED) is 0.826. The van der Waals surface area contributed by atoms with Crippen LogP contribution in [-0.2, 0) is 6.42 Å². The molecule has 1 N–H and O–H groups in total. The lowest BCUT2D eigenvalue weighted by Gasteiger charge is -2.27. The molecule has 0 amide bonds. The lowest BCUT2D eigenvalue weighted by Crippen LogP contribution is -2.34. The smallest absolute Gasteiger partial charge is 0.115 e. The van der Waals surface area contributed by atoms with Gasteiger partial charge < -0.3 is 10.0 Å². The van der Waals surface area contributed by atoms with E-state index in [-0.39, 0.29) is 0 Å². The zero-order chi connectivity index (χ0) is 12.1. The van der Waals surface area contributed by atoms with Gasteiger partial charge in [-0.2, -0.15) is 0 Å². The van der Waals surface area contributed by atoms with Gasteiger partial charge in [-0.15, -0.1) is 0 Å². The van der Waals surface area contributed by atoms with Crippen molar-refractivity contribution in [3.8, 4) is 5.75 Å². The molecule has 0 saturated carbocycles. The van der Waals surface area contributed by atoms with E-state index in [0.717, 1.165) is 13.0 Å². The van der Waals surface area contributed by atoms with Gasteiger partial charge in [-0.3, -0.25) is 0 Å². The zero-order valence-corrected chi connectivity index (χ0v) is 10.8. The van der Waals surface area contributed by atoms with Crippen molar-refractivity contribution in [3.05, 3.63) is 29.8 Å². The van der Waals surface area contributed by atoms with Crippen molar-refractivity contribution in [2.45, 2.75) is 33.2 Å². The molecule has 1 aromatic carbocycles. The molecule has 90 valence electrons. The van der Waals surface area contributed by atoms with Crippen LogP contribution in [0, 0.1) is 5.92 Å². The highest BCUT2D eigenvalue weighted by molar-refractivity contribution is 5.25. The van der Waals surface area contributed by atoms with Gasteiger partial charge in [0.1, 0.15) is 5.75 Å². The van der Waals surface area contributed by atoms with Gasteiger partial charge >= 0.3 is 0 Å². The highest BCUT2D eigenvalue weighted by Gasteiger charge is 2.12. The molecule has 0 bridgehead atoms. The molecule has 0 fully saturated rings. The van der Waals surface area contributed by atoms with Crippen LogP contribution in [0.15, 0.2) is 24.3 Å². The summed E-state index contributed by atoms with van der Waals surface area (Å²) >= 11 is 0. The van der Waals surface area contributed by atoms with Gasteiger partial charge in [-0.05, 0) is 44.0 Å². The van der Waals surface area contributed by atoms with Crippen molar-refractivity contribution in [2.24, 2.45) is 5.92 Å². The first kappa shape index (κ1) is 13.0. The summed E-state index contributed by atoms with van der Waals surface area (Å²) in [6, 6.07) is 8.09. The SMILES string of the molecule is CC(C)C(C)N(C)CCc1ccc(O)cc1. The molecule has 0 heterocycles. The molecule has 0 aliphatic carbocycles. The van der Waals surface area contributed by atoms with Gasteiger partial charge in [-0.1, -0.05) is 26.0 Å². The molecule has 16 heavy (non-hydrogen) atoms. The number of aromatic hydroxyl groups is 1. The van der Waals surface area contributed by atoms with Crippen LogP contribution in [0.1, 0.15) is 26.3 Å². The summed E-state index contributed by atoms with van der Waals surface area (Å²) in [7, 11) is 2.17. The molecular weight excluding hydrogens is 198 g/mol. The first-order valence-electron chi connectivity index (χ1n) is 5.99. The molecular formula is C14H23NO. The topological polar surface area (TPSA) is 23.5 Å². The maximum absolute atomic E-state index is 9.18. The minimum absolute atomic E-state index is 0.340. The van der Waals surface area contributed by atoms with Crippen molar-refractivity contribution < 1.29 is 5.11 Å². The summed E-state index contributed by atoms with van der Waals surface area (Å²) in [5.41, 5.74) is 1.28. The van der Waals surface area contributed by atoms with Crippen LogP contribution in [0.25, 0.3) is 0 Å². The van der Waals surface area contributed by atoms with Crippen molar-refractivity contribution in [1.82, 2.24) is 4.90 Å². The first-order chi connectivity index (χ1) is 7.50. The summed E-state index contributed by atoms with van der Waals surface area (Å²) in [4.78, 5) is 2.39. The van der Waals surface area contributed by atoms with Crippen LogP contribution in [0.3, 0.4) is 0 Å². The van der Waals surface area contributed by atoms with E-state index in [9.17, 15) is 5.11 Å². The van der Waals surface area contributed by atoms with Crippen molar-refractivity contribution >= 4 is 0 Å². The molecule has 0 aromatic heterocycles. The number of phenols is 1. The number of hydrogen-bond donors (Lipinski definition) is 1. The lowest BCUT2D eigenvalue weighted by molar-refractivity contribution is 0.210. The summed E-state index contributed by atoms with van der Waals surface area (Å²) in [5.74, 6) is 1.03. The van der Waals surface area contributed by atoms with Crippen molar-refractivity contribution in [3.63, 3.8) is 0 Å². The number of rotatable bonds is 5. The second kappa shape index (κ2) is 5.90. The molecule has 2 heteroatoms. The Hall–Kier alpha value is -1.02. The molecule has 1 unspecified atom stereocenters. The van der Waals surface area contributed by atoms with E-state index in [1.807, 2.05) is 12.1 Å². The number of hydrogen-bond acceptors (Lipinski definition) is 2. The third kappa shape index (κ3) is 3.86. The Kier molecular flexibility index (Phi) is 4.81. The van der Waals surface area contributed by atoms with Gasteiger partial charge in [0.2, 0.25) is 0 Å². The Labute approximate surface area is 98.9 Å². The van der Waals surface area contributed by atoms with E-state index in [0.29, 0.717) is 17.7 Å². The van der Waals surface area contributed by atoms with Crippen LogP contribution in [0.5, 0.6) is 5.75 Å². The highest BCUT2D eigenvalue weighted by atomic mass is 16.3. The number of phenolic OH excluding ortho intramolecular Hbond substituents is 1. The van der Waals surface area contributed by atoms with Crippen LogP contribution in [0.4, 0.5) is 0 Å². The van der Waals surface area contributed by atoms with Crippen LogP contribution < -0.4 is 0 Å². The van der Waals surface area contributed by atoms with Gasteiger partial charge in [-0.25, -0.2) is 0 Å². The zero-order valence-electron chi connectivity index (χ0n) is 10.8. The summed E-state index contributed by atoms with van der Waals surface area (Å²) in [5, 5.41) is 9.18. The Morgan fingerprint density at radius 3 is 2.19 bits per heavy atom. The largest absolute Gasteiger partial charge is 0.508 e. The molecule has 1 atom stereocenters. The molecule has 0 spiro atoms. The summed E-state index contributed by atoms with van der Waals surface area (Å²) in [6.07, 6.45) is 1.04. The third-order valence-electron chi connectivity index (χ3n) is 3.35. The minimum atomic E-state index is 0.340. The van der Waals surface area contributed by atoms with Crippen molar-refractivity contribution in [2.75, 3.05) is 13.6 Å². The Balaban J connectivity index is 2.42. The van der Waals surface area contributed by atoms with E-state index in [2.05, 4.69) is 32.7 Å². The minimum Gasteiger partial charge on any atom is -0.508 e. The van der Waals surface area contributed by atoms with Gasteiger partial charge in [0.25, 0.3) is 0 Å². The lowest BCUT2D eigenvalue weighted by atomic mass is 10.0. The fourth-order valence-electron chi connectivity index (χ4n) is 1.68. The molecule has 0 aliphatic rings. The average molecular weight is 221 g/mol. The van der Waals surface area contributed by atoms with Crippen LogP contribution in [-0.4, -0.2) is 29.6 Å². The average Bonchev–Trinajstić information content (AvgIpc) is 2.26. The van der Waals surface area contributed by atoms with Crippen LogP contribution >= 0.6 is 0 Å². The molecule has 2 nitrogen and oxygen atoms in total. The Morgan fingerprint density at radius 2 is 1.69 bits per heavy atom.